The highest BCUT2D eigenvalue weighted by Crippen LogP contribution is 2.20. The van der Waals surface area contributed by atoms with E-state index in [0.717, 1.165) is 0 Å². The standard InChI is InChI=1S/C14H13ClN2OS/c1-3-7-17-13(18)11-6-5-10(15)9-12(11)16-14(17)19-8-4-2/h3-6,9H,1-2,7-8H2. The molecule has 0 aliphatic carbocycles. The van der Waals surface area contributed by atoms with E-state index >= 15 is 0 Å². The smallest absolute Gasteiger partial charge is 0.262 e. The highest BCUT2D eigenvalue weighted by Gasteiger charge is 2.10. The predicted octanol–water partition coefficient (Wildman–Crippen LogP) is 3.51. The van der Waals surface area contributed by atoms with Crippen LogP contribution in [0.1, 0.15) is 0 Å². The van der Waals surface area contributed by atoms with E-state index in [9.17, 15) is 4.79 Å². The van der Waals surface area contributed by atoms with E-state index in [4.69, 9.17) is 11.6 Å². The van der Waals surface area contributed by atoms with Gasteiger partial charge in [-0.3, -0.25) is 9.36 Å². The zero-order valence-electron chi connectivity index (χ0n) is 10.3. The molecule has 0 amide bonds. The zero-order valence-corrected chi connectivity index (χ0v) is 11.9. The number of hydrogen-bond acceptors (Lipinski definition) is 3. The molecule has 2 aromatic rings. The predicted molar refractivity (Wildman–Crippen MR) is 82.1 cm³/mol. The van der Waals surface area contributed by atoms with Crippen LogP contribution in [0.4, 0.5) is 0 Å². The molecule has 19 heavy (non-hydrogen) atoms. The van der Waals surface area contributed by atoms with Crippen LogP contribution in [-0.2, 0) is 6.54 Å². The molecule has 0 N–H and O–H groups in total. The molecule has 0 bridgehead atoms. The Hall–Kier alpha value is -1.52. The first-order valence-corrected chi connectivity index (χ1v) is 7.08. The number of halogens is 1. The largest absolute Gasteiger partial charge is 0.283 e. The molecule has 98 valence electrons. The van der Waals surface area contributed by atoms with E-state index in [1.807, 2.05) is 0 Å². The molecule has 0 saturated heterocycles. The molecule has 0 aliphatic heterocycles. The van der Waals surface area contributed by atoms with Gasteiger partial charge in [-0.2, -0.15) is 0 Å². The Labute approximate surface area is 120 Å². The molecule has 0 atom stereocenters. The van der Waals surface area contributed by atoms with Crippen LogP contribution in [0.15, 0.2) is 53.5 Å². The van der Waals surface area contributed by atoms with Crippen LogP contribution in [-0.4, -0.2) is 15.3 Å². The Morgan fingerprint density at radius 2 is 2.16 bits per heavy atom. The van der Waals surface area contributed by atoms with Crippen molar-refractivity contribution < 1.29 is 0 Å². The van der Waals surface area contributed by atoms with Gasteiger partial charge in [0.15, 0.2) is 5.16 Å². The molecular weight excluding hydrogens is 280 g/mol. The van der Waals surface area contributed by atoms with Gasteiger partial charge < -0.3 is 0 Å². The fraction of sp³-hybridized carbons (Fsp3) is 0.143. The Balaban J connectivity index is 2.69. The van der Waals surface area contributed by atoms with Crippen LogP contribution < -0.4 is 5.56 Å². The van der Waals surface area contributed by atoms with Crippen LogP contribution in [0.5, 0.6) is 0 Å². The van der Waals surface area contributed by atoms with Gasteiger partial charge in [-0.25, -0.2) is 4.98 Å². The van der Waals surface area contributed by atoms with Crippen molar-refractivity contribution >= 4 is 34.3 Å². The number of benzene rings is 1. The van der Waals surface area contributed by atoms with Gasteiger partial charge in [-0.05, 0) is 18.2 Å². The number of thioether (sulfide) groups is 1. The number of fused-ring (bicyclic) bond motifs is 1. The second kappa shape index (κ2) is 6.08. The molecule has 2 rings (SSSR count). The average Bonchev–Trinajstić information content (AvgIpc) is 2.40. The van der Waals surface area contributed by atoms with E-state index in [1.54, 1.807) is 34.9 Å². The Morgan fingerprint density at radius 3 is 2.84 bits per heavy atom. The third kappa shape index (κ3) is 2.91. The van der Waals surface area contributed by atoms with Crippen LogP contribution in [0, 0.1) is 0 Å². The average molecular weight is 293 g/mol. The number of hydrogen-bond donors (Lipinski definition) is 0. The number of rotatable bonds is 5. The fourth-order valence-corrected chi connectivity index (χ4v) is 2.62. The summed E-state index contributed by atoms with van der Waals surface area (Å²) in [5.41, 5.74) is 0.539. The first-order valence-electron chi connectivity index (χ1n) is 5.72. The van der Waals surface area contributed by atoms with E-state index < -0.39 is 0 Å². The summed E-state index contributed by atoms with van der Waals surface area (Å²) in [7, 11) is 0. The summed E-state index contributed by atoms with van der Waals surface area (Å²) in [5, 5.41) is 1.79. The maximum atomic E-state index is 12.4. The van der Waals surface area contributed by atoms with Crippen LogP contribution >= 0.6 is 23.4 Å². The van der Waals surface area contributed by atoms with Crippen molar-refractivity contribution in [1.82, 2.24) is 9.55 Å². The minimum absolute atomic E-state index is 0.0758. The van der Waals surface area contributed by atoms with Gasteiger partial charge in [0.2, 0.25) is 0 Å². The lowest BCUT2D eigenvalue weighted by Crippen LogP contribution is -2.22. The van der Waals surface area contributed by atoms with Gasteiger partial charge in [0.25, 0.3) is 5.56 Å². The maximum Gasteiger partial charge on any atom is 0.262 e. The van der Waals surface area contributed by atoms with Crippen molar-refractivity contribution in [3.05, 3.63) is 58.9 Å². The number of nitrogens with zero attached hydrogens (tertiary/aromatic N) is 2. The SMILES string of the molecule is C=CCSc1nc2cc(Cl)ccc2c(=O)n1CC=C. The molecule has 0 saturated carbocycles. The van der Waals surface area contributed by atoms with E-state index in [-0.39, 0.29) is 5.56 Å². The fourth-order valence-electron chi connectivity index (χ4n) is 1.71. The number of aromatic nitrogens is 2. The summed E-state index contributed by atoms with van der Waals surface area (Å²) >= 11 is 7.41. The molecule has 0 unspecified atom stereocenters. The first kappa shape index (κ1) is 13.9. The second-order valence-corrected chi connectivity index (χ2v) is 5.28. The van der Waals surface area contributed by atoms with Crippen LogP contribution in [0.2, 0.25) is 5.02 Å². The molecule has 0 fully saturated rings. The van der Waals surface area contributed by atoms with Gasteiger partial charge in [0.1, 0.15) is 0 Å². The van der Waals surface area contributed by atoms with Crippen molar-refractivity contribution in [3.8, 4) is 0 Å². The summed E-state index contributed by atoms with van der Waals surface area (Å²) in [6.07, 6.45) is 3.46. The molecular formula is C14H13ClN2OS. The van der Waals surface area contributed by atoms with E-state index in [1.165, 1.54) is 11.8 Å². The third-order valence-electron chi connectivity index (χ3n) is 2.52. The van der Waals surface area contributed by atoms with Gasteiger partial charge in [0, 0.05) is 17.3 Å². The molecule has 1 aromatic carbocycles. The zero-order chi connectivity index (χ0) is 13.8. The highest BCUT2D eigenvalue weighted by atomic mass is 35.5. The van der Waals surface area contributed by atoms with Gasteiger partial charge >= 0.3 is 0 Å². The summed E-state index contributed by atoms with van der Waals surface area (Å²) in [4.78, 5) is 16.9. The van der Waals surface area contributed by atoms with Crippen molar-refractivity contribution in [3.63, 3.8) is 0 Å². The Morgan fingerprint density at radius 1 is 1.37 bits per heavy atom. The Kier molecular flexibility index (Phi) is 4.45. The monoisotopic (exact) mass is 292 g/mol. The lowest BCUT2D eigenvalue weighted by molar-refractivity contribution is 0.672. The van der Waals surface area contributed by atoms with Crippen molar-refractivity contribution in [2.45, 2.75) is 11.7 Å². The van der Waals surface area contributed by atoms with Gasteiger partial charge in [-0.1, -0.05) is 35.5 Å². The lowest BCUT2D eigenvalue weighted by atomic mass is 10.2. The maximum absolute atomic E-state index is 12.4. The van der Waals surface area contributed by atoms with Gasteiger partial charge in [-0.15, -0.1) is 13.2 Å². The van der Waals surface area contributed by atoms with Crippen molar-refractivity contribution in [1.29, 1.82) is 0 Å². The summed E-state index contributed by atoms with van der Waals surface area (Å²) in [6.45, 7) is 7.78. The topological polar surface area (TPSA) is 34.9 Å². The Bertz CT molecular complexity index is 694. The van der Waals surface area contributed by atoms with E-state index in [2.05, 4.69) is 18.1 Å². The van der Waals surface area contributed by atoms with Crippen molar-refractivity contribution in [2.75, 3.05) is 5.75 Å². The summed E-state index contributed by atoms with van der Waals surface area (Å²) < 4.78 is 1.61. The second-order valence-electron chi connectivity index (χ2n) is 3.86. The molecule has 0 spiro atoms. The molecule has 1 heterocycles. The van der Waals surface area contributed by atoms with Crippen LogP contribution in [0.25, 0.3) is 10.9 Å². The van der Waals surface area contributed by atoms with E-state index in [0.29, 0.717) is 33.4 Å². The third-order valence-corrected chi connectivity index (χ3v) is 3.73. The van der Waals surface area contributed by atoms with Gasteiger partial charge in [0.05, 0.1) is 10.9 Å². The minimum atomic E-state index is -0.0758. The number of allylic oxidation sites excluding steroid dienone is 1. The summed E-state index contributed by atoms with van der Waals surface area (Å²) in [6, 6.07) is 5.10. The quantitative estimate of drug-likeness (QED) is 0.480. The highest BCUT2D eigenvalue weighted by molar-refractivity contribution is 7.99. The molecule has 1 aromatic heterocycles. The molecule has 0 aliphatic rings. The normalized spacial score (nSPS) is 10.6. The molecule has 3 nitrogen and oxygen atoms in total. The molecule has 5 heteroatoms. The lowest BCUT2D eigenvalue weighted by Gasteiger charge is -2.10. The van der Waals surface area contributed by atoms with Crippen LogP contribution in [0.3, 0.4) is 0 Å². The first-order chi connectivity index (χ1) is 9.17. The minimum Gasteiger partial charge on any atom is -0.283 e. The van der Waals surface area contributed by atoms with Crippen molar-refractivity contribution in [2.24, 2.45) is 0 Å². The molecule has 0 radical (unpaired) electrons. The summed E-state index contributed by atoms with van der Waals surface area (Å²) in [5.74, 6) is 0.690.